The number of terminal acetylenes is 1. The number of carbonyl (C=O) groups excluding carboxylic acids is 1. The number of carboxylic acid groups (broad SMARTS) is 1. The number of hydrogen-bond donors (Lipinski definition) is 1. The normalized spacial score (nSPS) is 15.7. The Bertz CT molecular complexity index is 1190. The number of amidine groups is 1. The standard InChI is InChI=1S/C24H21BrN2O5S/c1-4-10-32-21-18(25)11-15(12-19(21)31-6-3)13-20-22(28)27(5-2)24(33-20)26-17-9-7-8-16(14-17)23(29)30/h1,7-9,11-14H,5-6,10H2,2-3H3,(H,29,30). The van der Waals surface area contributed by atoms with Gasteiger partial charge in [-0.1, -0.05) is 12.0 Å². The summed E-state index contributed by atoms with van der Waals surface area (Å²) in [4.78, 5) is 30.8. The number of ether oxygens (including phenoxy) is 2. The summed E-state index contributed by atoms with van der Waals surface area (Å²) < 4.78 is 11.9. The average Bonchev–Trinajstić information content (AvgIpc) is 3.07. The fraction of sp³-hybridized carbons (Fsp3) is 0.208. The molecule has 0 bridgehead atoms. The molecule has 1 amide bonds. The van der Waals surface area contributed by atoms with Crippen LogP contribution in [-0.2, 0) is 4.79 Å². The van der Waals surface area contributed by atoms with Crippen LogP contribution in [0, 0.1) is 12.3 Å². The topological polar surface area (TPSA) is 88.4 Å². The van der Waals surface area contributed by atoms with Crippen molar-refractivity contribution >= 4 is 56.5 Å². The minimum absolute atomic E-state index is 0.0990. The molecule has 0 aromatic heterocycles. The number of thioether (sulfide) groups is 1. The van der Waals surface area contributed by atoms with Crippen molar-refractivity contribution in [2.75, 3.05) is 19.8 Å². The van der Waals surface area contributed by atoms with Crippen molar-refractivity contribution in [1.29, 1.82) is 0 Å². The lowest BCUT2D eigenvalue weighted by Gasteiger charge is -2.13. The smallest absolute Gasteiger partial charge is 0.335 e. The minimum atomic E-state index is -1.04. The van der Waals surface area contributed by atoms with Gasteiger partial charge in [-0.25, -0.2) is 9.79 Å². The van der Waals surface area contributed by atoms with Gasteiger partial charge in [-0.2, -0.15) is 0 Å². The third-order valence-electron chi connectivity index (χ3n) is 4.45. The average molecular weight is 529 g/mol. The molecule has 0 spiro atoms. The van der Waals surface area contributed by atoms with Gasteiger partial charge in [0.25, 0.3) is 5.91 Å². The molecule has 0 aliphatic carbocycles. The van der Waals surface area contributed by atoms with Crippen LogP contribution >= 0.6 is 27.7 Å². The molecule has 33 heavy (non-hydrogen) atoms. The molecule has 2 aromatic carbocycles. The Kier molecular flexibility index (Phi) is 8.20. The summed E-state index contributed by atoms with van der Waals surface area (Å²) in [7, 11) is 0. The van der Waals surface area contributed by atoms with E-state index in [1.54, 1.807) is 29.2 Å². The Morgan fingerprint density at radius 1 is 1.30 bits per heavy atom. The van der Waals surface area contributed by atoms with Gasteiger partial charge in [0, 0.05) is 6.54 Å². The third kappa shape index (κ3) is 5.78. The molecule has 0 saturated carbocycles. The molecule has 1 heterocycles. The van der Waals surface area contributed by atoms with Crippen molar-refractivity contribution in [3.05, 3.63) is 56.9 Å². The molecule has 9 heteroatoms. The van der Waals surface area contributed by atoms with Crippen LogP contribution in [0.3, 0.4) is 0 Å². The Balaban J connectivity index is 1.96. The number of likely N-dealkylation sites (N-methyl/N-ethyl adjacent to an activating group) is 1. The highest BCUT2D eigenvalue weighted by Crippen LogP contribution is 2.39. The van der Waals surface area contributed by atoms with E-state index in [0.717, 1.165) is 5.56 Å². The number of amides is 1. The van der Waals surface area contributed by atoms with Gasteiger partial charge in [-0.05, 0) is 83.5 Å². The molecule has 0 radical (unpaired) electrons. The van der Waals surface area contributed by atoms with E-state index < -0.39 is 5.97 Å². The van der Waals surface area contributed by atoms with Crippen LogP contribution in [-0.4, -0.2) is 46.8 Å². The zero-order chi connectivity index (χ0) is 24.0. The van der Waals surface area contributed by atoms with Crippen LogP contribution in [0.4, 0.5) is 5.69 Å². The second kappa shape index (κ2) is 11.1. The van der Waals surface area contributed by atoms with Crippen molar-refractivity contribution in [1.82, 2.24) is 4.90 Å². The first-order valence-corrected chi connectivity index (χ1v) is 11.6. The lowest BCUT2D eigenvalue weighted by atomic mass is 10.2. The molecule has 0 unspecified atom stereocenters. The molecule has 7 nitrogen and oxygen atoms in total. The molecule has 0 atom stereocenters. The zero-order valence-corrected chi connectivity index (χ0v) is 20.4. The number of carboxylic acids is 1. The quantitative estimate of drug-likeness (QED) is 0.375. The fourth-order valence-corrected chi connectivity index (χ4v) is 4.67. The number of aromatic carboxylic acids is 1. The maximum Gasteiger partial charge on any atom is 0.335 e. The van der Waals surface area contributed by atoms with E-state index in [0.29, 0.717) is 44.9 Å². The number of carbonyl (C=O) groups is 2. The largest absolute Gasteiger partial charge is 0.490 e. The first kappa shape index (κ1) is 24.4. The van der Waals surface area contributed by atoms with Gasteiger partial charge in [-0.15, -0.1) is 6.42 Å². The van der Waals surface area contributed by atoms with Crippen molar-refractivity contribution in [2.24, 2.45) is 4.99 Å². The Morgan fingerprint density at radius 2 is 2.09 bits per heavy atom. The summed E-state index contributed by atoms with van der Waals surface area (Å²) in [5, 5.41) is 9.69. The van der Waals surface area contributed by atoms with Gasteiger partial charge in [0.15, 0.2) is 16.7 Å². The van der Waals surface area contributed by atoms with E-state index in [-0.39, 0.29) is 18.1 Å². The Labute approximate surface area is 204 Å². The minimum Gasteiger partial charge on any atom is -0.490 e. The number of halogens is 1. The molecule has 1 fully saturated rings. The summed E-state index contributed by atoms with van der Waals surface area (Å²) in [6, 6.07) is 9.87. The summed E-state index contributed by atoms with van der Waals surface area (Å²) in [5.74, 6) is 2.22. The molecule has 3 rings (SSSR count). The SMILES string of the molecule is C#CCOc1c(Br)cc(C=C2SC(=Nc3cccc(C(=O)O)c3)N(CC)C2=O)cc1OCC. The second-order valence-corrected chi connectivity index (χ2v) is 8.53. The van der Waals surface area contributed by atoms with Crippen LogP contribution < -0.4 is 9.47 Å². The lowest BCUT2D eigenvalue weighted by molar-refractivity contribution is -0.122. The molecular weight excluding hydrogens is 508 g/mol. The van der Waals surface area contributed by atoms with Gasteiger partial charge < -0.3 is 14.6 Å². The number of nitrogens with zero attached hydrogens (tertiary/aromatic N) is 2. The highest BCUT2D eigenvalue weighted by molar-refractivity contribution is 9.10. The van der Waals surface area contributed by atoms with Crippen LogP contribution in [0.2, 0.25) is 0 Å². The summed E-state index contributed by atoms with van der Waals surface area (Å²) >= 11 is 4.71. The fourth-order valence-electron chi connectivity index (χ4n) is 3.03. The van der Waals surface area contributed by atoms with Crippen LogP contribution in [0.5, 0.6) is 11.5 Å². The van der Waals surface area contributed by atoms with Gasteiger partial charge in [0.2, 0.25) is 0 Å². The molecule has 1 N–H and O–H groups in total. The highest BCUT2D eigenvalue weighted by atomic mass is 79.9. The first-order valence-electron chi connectivity index (χ1n) is 10.0. The molecule has 1 aliphatic rings. The molecular formula is C24H21BrN2O5S. The monoisotopic (exact) mass is 528 g/mol. The molecule has 1 aliphatic heterocycles. The van der Waals surface area contributed by atoms with Gasteiger partial charge in [0.05, 0.1) is 27.2 Å². The van der Waals surface area contributed by atoms with Gasteiger partial charge >= 0.3 is 5.97 Å². The number of hydrogen-bond acceptors (Lipinski definition) is 6. The van der Waals surface area contributed by atoms with E-state index in [1.165, 1.54) is 23.9 Å². The number of benzene rings is 2. The predicted molar refractivity (Wildman–Crippen MR) is 133 cm³/mol. The highest BCUT2D eigenvalue weighted by Gasteiger charge is 2.32. The predicted octanol–water partition coefficient (Wildman–Crippen LogP) is 5.18. The van der Waals surface area contributed by atoms with E-state index in [4.69, 9.17) is 15.9 Å². The van der Waals surface area contributed by atoms with Gasteiger partial charge in [-0.3, -0.25) is 9.69 Å². The van der Waals surface area contributed by atoms with E-state index in [9.17, 15) is 14.7 Å². The maximum absolute atomic E-state index is 13.0. The maximum atomic E-state index is 13.0. The third-order valence-corrected chi connectivity index (χ3v) is 6.05. The zero-order valence-electron chi connectivity index (χ0n) is 18.0. The van der Waals surface area contributed by atoms with Crippen molar-refractivity contribution in [3.63, 3.8) is 0 Å². The van der Waals surface area contributed by atoms with Crippen LogP contribution in [0.15, 0.2) is 50.8 Å². The van der Waals surface area contributed by atoms with Crippen molar-refractivity contribution in [2.45, 2.75) is 13.8 Å². The Morgan fingerprint density at radius 3 is 2.76 bits per heavy atom. The number of rotatable bonds is 8. The summed E-state index contributed by atoms with van der Waals surface area (Å²) in [6.45, 7) is 4.67. The molecule has 2 aromatic rings. The van der Waals surface area contributed by atoms with Crippen molar-refractivity contribution in [3.8, 4) is 23.8 Å². The number of aliphatic imine (C=N–C) groups is 1. The van der Waals surface area contributed by atoms with Gasteiger partial charge in [0.1, 0.15) is 6.61 Å². The van der Waals surface area contributed by atoms with Crippen molar-refractivity contribution < 1.29 is 24.2 Å². The van der Waals surface area contributed by atoms with Crippen LogP contribution in [0.25, 0.3) is 6.08 Å². The van der Waals surface area contributed by atoms with E-state index in [2.05, 4.69) is 26.8 Å². The van der Waals surface area contributed by atoms with Crippen LogP contribution in [0.1, 0.15) is 29.8 Å². The lowest BCUT2D eigenvalue weighted by Crippen LogP contribution is -2.28. The van der Waals surface area contributed by atoms with E-state index in [1.807, 2.05) is 19.9 Å². The first-order chi connectivity index (χ1) is 15.9. The summed E-state index contributed by atoms with van der Waals surface area (Å²) in [5.41, 5.74) is 1.33. The second-order valence-electron chi connectivity index (χ2n) is 6.67. The molecule has 170 valence electrons. The van der Waals surface area contributed by atoms with E-state index >= 15 is 0 Å². The molecule has 1 saturated heterocycles. The Hall–Kier alpha value is -3.22. The summed E-state index contributed by atoms with van der Waals surface area (Å²) in [6.07, 6.45) is 7.05.